The van der Waals surface area contributed by atoms with Crippen LogP contribution >= 0.6 is 0 Å². The molecule has 0 radical (unpaired) electrons. The molecule has 1 atom stereocenters. The van der Waals surface area contributed by atoms with Crippen LogP contribution in [-0.2, 0) is 9.84 Å². The lowest BCUT2D eigenvalue weighted by atomic mass is 10.2. The van der Waals surface area contributed by atoms with E-state index in [0.717, 1.165) is 0 Å². The van der Waals surface area contributed by atoms with Crippen molar-refractivity contribution in [2.75, 3.05) is 22.1 Å². The summed E-state index contributed by atoms with van der Waals surface area (Å²) in [5.74, 6) is -0.788. The number of pyridine rings is 1. The predicted octanol–water partition coefficient (Wildman–Crippen LogP) is 2.07. The van der Waals surface area contributed by atoms with Gasteiger partial charge in [0.2, 0.25) is 0 Å². The van der Waals surface area contributed by atoms with E-state index in [1.807, 2.05) is 0 Å². The molecule has 1 aliphatic rings. The summed E-state index contributed by atoms with van der Waals surface area (Å²) < 4.78 is 36.6. The van der Waals surface area contributed by atoms with Crippen LogP contribution in [0.25, 0.3) is 0 Å². The van der Waals surface area contributed by atoms with Crippen molar-refractivity contribution < 1.29 is 17.6 Å². The third-order valence-corrected chi connectivity index (χ3v) is 5.49. The molecule has 2 aromatic rings. The zero-order chi connectivity index (χ0) is 17.2. The molecular formula is C16H16FN3O3S. The van der Waals surface area contributed by atoms with Crippen molar-refractivity contribution in [2.24, 2.45) is 0 Å². The number of aromatic nitrogens is 1. The Bertz CT molecular complexity index is 870. The SMILES string of the molecule is O=C(Nc1ccccc1F)c1cncc(NC2CCS(=O)(=O)C2)c1. The maximum Gasteiger partial charge on any atom is 0.257 e. The lowest BCUT2D eigenvalue weighted by molar-refractivity contribution is 0.102. The van der Waals surface area contributed by atoms with E-state index in [1.54, 1.807) is 12.1 Å². The van der Waals surface area contributed by atoms with E-state index < -0.39 is 21.6 Å². The molecule has 8 heteroatoms. The maximum absolute atomic E-state index is 13.6. The summed E-state index contributed by atoms with van der Waals surface area (Å²) in [6.45, 7) is 0. The number of nitrogens with one attached hydrogen (secondary N) is 2. The Hall–Kier alpha value is -2.48. The van der Waals surface area contributed by atoms with Gasteiger partial charge in [-0.15, -0.1) is 0 Å². The number of benzene rings is 1. The average molecular weight is 349 g/mol. The molecule has 0 spiro atoms. The van der Waals surface area contributed by atoms with Gasteiger partial charge in [-0.05, 0) is 24.6 Å². The van der Waals surface area contributed by atoms with E-state index in [9.17, 15) is 17.6 Å². The van der Waals surface area contributed by atoms with Gasteiger partial charge >= 0.3 is 0 Å². The highest BCUT2D eigenvalue weighted by atomic mass is 32.2. The molecule has 1 saturated heterocycles. The van der Waals surface area contributed by atoms with Gasteiger partial charge in [-0.25, -0.2) is 12.8 Å². The Morgan fingerprint density at radius 1 is 1.25 bits per heavy atom. The number of nitrogens with zero attached hydrogens (tertiary/aromatic N) is 1. The van der Waals surface area contributed by atoms with Crippen molar-refractivity contribution in [3.63, 3.8) is 0 Å². The second-order valence-corrected chi connectivity index (χ2v) is 7.87. The topological polar surface area (TPSA) is 88.2 Å². The summed E-state index contributed by atoms with van der Waals surface area (Å²) in [5.41, 5.74) is 0.894. The standard InChI is InChI=1S/C16H16FN3O3S/c17-14-3-1-2-4-15(14)20-16(21)11-7-13(9-18-8-11)19-12-5-6-24(22,23)10-12/h1-4,7-9,12,19H,5-6,10H2,(H,20,21). The molecule has 2 N–H and O–H groups in total. The normalized spacial score (nSPS) is 19.0. The Kier molecular flexibility index (Phi) is 4.48. The monoisotopic (exact) mass is 349 g/mol. The van der Waals surface area contributed by atoms with Gasteiger partial charge in [0.05, 0.1) is 28.4 Å². The van der Waals surface area contributed by atoms with Crippen LogP contribution in [0, 0.1) is 5.82 Å². The minimum Gasteiger partial charge on any atom is -0.380 e. The quantitative estimate of drug-likeness (QED) is 0.882. The van der Waals surface area contributed by atoms with Crippen LogP contribution in [0.1, 0.15) is 16.8 Å². The molecule has 0 bridgehead atoms. The van der Waals surface area contributed by atoms with Gasteiger partial charge in [0, 0.05) is 18.4 Å². The summed E-state index contributed by atoms with van der Waals surface area (Å²) in [6.07, 6.45) is 3.41. The highest BCUT2D eigenvalue weighted by molar-refractivity contribution is 7.91. The summed E-state index contributed by atoms with van der Waals surface area (Å²) in [4.78, 5) is 16.2. The van der Waals surface area contributed by atoms with E-state index in [1.165, 1.54) is 30.6 Å². The highest BCUT2D eigenvalue weighted by Crippen LogP contribution is 2.19. The summed E-state index contributed by atoms with van der Waals surface area (Å²) >= 11 is 0. The molecule has 1 aliphatic heterocycles. The number of halogens is 1. The Balaban J connectivity index is 1.71. The second-order valence-electron chi connectivity index (χ2n) is 5.64. The maximum atomic E-state index is 13.6. The molecule has 24 heavy (non-hydrogen) atoms. The summed E-state index contributed by atoms with van der Waals surface area (Å²) in [5, 5.41) is 5.55. The summed E-state index contributed by atoms with van der Waals surface area (Å²) in [6, 6.07) is 7.25. The number of carbonyl (C=O) groups excluding carboxylic acids is 1. The van der Waals surface area contributed by atoms with Crippen molar-refractivity contribution in [3.05, 3.63) is 54.1 Å². The third-order valence-electron chi connectivity index (χ3n) is 3.73. The Morgan fingerprint density at radius 2 is 2.04 bits per heavy atom. The van der Waals surface area contributed by atoms with Gasteiger partial charge in [-0.2, -0.15) is 0 Å². The second kappa shape index (κ2) is 6.56. The third kappa shape index (κ3) is 3.88. The molecular weight excluding hydrogens is 333 g/mol. The zero-order valence-electron chi connectivity index (χ0n) is 12.7. The number of amides is 1. The molecule has 0 aliphatic carbocycles. The van der Waals surface area contributed by atoms with Gasteiger partial charge in [-0.1, -0.05) is 12.1 Å². The first-order valence-electron chi connectivity index (χ1n) is 7.41. The number of hydrogen-bond donors (Lipinski definition) is 2. The minimum absolute atomic E-state index is 0.0681. The first-order chi connectivity index (χ1) is 11.4. The van der Waals surface area contributed by atoms with Crippen LogP contribution in [0.3, 0.4) is 0 Å². The van der Waals surface area contributed by atoms with Crippen molar-refractivity contribution in [1.82, 2.24) is 4.98 Å². The van der Waals surface area contributed by atoms with Gasteiger partial charge in [-0.3, -0.25) is 9.78 Å². The van der Waals surface area contributed by atoms with E-state index in [0.29, 0.717) is 12.1 Å². The van der Waals surface area contributed by atoms with Crippen molar-refractivity contribution in [1.29, 1.82) is 0 Å². The Morgan fingerprint density at radius 3 is 2.75 bits per heavy atom. The van der Waals surface area contributed by atoms with Crippen molar-refractivity contribution in [2.45, 2.75) is 12.5 Å². The van der Waals surface area contributed by atoms with Gasteiger partial charge < -0.3 is 10.6 Å². The summed E-state index contributed by atoms with van der Waals surface area (Å²) in [7, 11) is -2.99. The molecule has 1 fully saturated rings. The van der Waals surface area contributed by atoms with Crippen LogP contribution < -0.4 is 10.6 Å². The molecule has 3 rings (SSSR count). The number of sulfone groups is 1. The number of anilines is 2. The molecule has 126 valence electrons. The number of carbonyl (C=O) groups is 1. The molecule has 0 saturated carbocycles. The number of hydrogen-bond acceptors (Lipinski definition) is 5. The fraction of sp³-hybridized carbons (Fsp3) is 0.250. The van der Waals surface area contributed by atoms with Crippen LogP contribution in [0.5, 0.6) is 0 Å². The molecule has 1 aromatic carbocycles. The van der Waals surface area contributed by atoms with E-state index in [2.05, 4.69) is 15.6 Å². The van der Waals surface area contributed by atoms with Gasteiger partial charge in [0.25, 0.3) is 5.91 Å². The van der Waals surface area contributed by atoms with Gasteiger partial charge in [0.1, 0.15) is 5.82 Å². The largest absolute Gasteiger partial charge is 0.380 e. The van der Waals surface area contributed by atoms with E-state index in [-0.39, 0.29) is 28.8 Å². The fourth-order valence-electron chi connectivity index (χ4n) is 2.54. The van der Waals surface area contributed by atoms with Crippen molar-refractivity contribution >= 4 is 27.1 Å². The lowest BCUT2D eigenvalue weighted by Gasteiger charge is -2.13. The fourth-order valence-corrected chi connectivity index (χ4v) is 4.22. The first-order valence-corrected chi connectivity index (χ1v) is 9.23. The van der Waals surface area contributed by atoms with E-state index in [4.69, 9.17) is 0 Å². The molecule has 1 amide bonds. The lowest BCUT2D eigenvalue weighted by Crippen LogP contribution is -2.21. The first kappa shape index (κ1) is 16.4. The van der Waals surface area contributed by atoms with Crippen LogP contribution in [0.15, 0.2) is 42.7 Å². The van der Waals surface area contributed by atoms with Crippen LogP contribution in [-0.4, -0.2) is 36.9 Å². The highest BCUT2D eigenvalue weighted by Gasteiger charge is 2.27. The zero-order valence-corrected chi connectivity index (χ0v) is 13.5. The Labute approximate surface area is 139 Å². The molecule has 1 aromatic heterocycles. The van der Waals surface area contributed by atoms with Crippen LogP contribution in [0.2, 0.25) is 0 Å². The van der Waals surface area contributed by atoms with Crippen molar-refractivity contribution in [3.8, 4) is 0 Å². The average Bonchev–Trinajstić information content (AvgIpc) is 2.88. The molecule has 2 heterocycles. The predicted molar refractivity (Wildman–Crippen MR) is 89.3 cm³/mol. The smallest absolute Gasteiger partial charge is 0.257 e. The molecule has 1 unspecified atom stereocenters. The van der Waals surface area contributed by atoms with Gasteiger partial charge in [0.15, 0.2) is 9.84 Å². The van der Waals surface area contributed by atoms with E-state index >= 15 is 0 Å². The molecule has 6 nitrogen and oxygen atoms in total. The minimum atomic E-state index is -2.99. The number of rotatable bonds is 4. The number of para-hydroxylation sites is 1. The van der Waals surface area contributed by atoms with Crippen LogP contribution in [0.4, 0.5) is 15.8 Å².